The van der Waals surface area contributed by atoms with Crippen molar-refractivity contribution < 1.29 is 22.8 Å². The Morgan fingerprint density at radius 1 is 1.43 bits per heavy atom. The van der Waals surface area contributed by atoms with Gasteiger partial charge < -0.3 is 10.1 Å². The number of nitrogens with one attached hydrogen (secondary N) is 1. The third-order valence-electron chi connectivity index (χ3n) is 3.81. The molecule has 0 radical (unpaired) electrons. The molecule has 21 heavy (non-hydrogen) atoms. The van der Waals surface area contributed by atoms with Crippen LogP contribution < -0.4 is 5.32 Å². The summed E-state index contributed by atoms with van der Waals surface area (Å²) in [5.74, 6) is 0. The Bertz CT molecular complexity index is 536. The number of halogens is 3. The first-order chi connectivity index (χ1) is 9.77. The molecule has 1 N–H and O–H groups in total. The van der Waals surface area contributed by atoms with Gasteiger partial charge in [-0.25, -0.2) is 0 Å². The van der Waals surface area contributed by atoms with Crippen molar-refractivity contribution in [3.05, 3.63) is 33.9 Å². The van der Waals surface area contributed by atoms with Crippen LogP contribution in [0.1, 0.15) is 24.8 Å². The van der Waals surface area contributed by atoms with Gasteiger partial charge in [0.2, 0.25) is 0 Å². The first-order valence-corrected chi connectivity index (χ1v) is 6.42. The molecular weight excluding hydrogens is 289 g/mol. The fourth-order valence-corrected chi connectivity index (χ4v) is 2.32. The van der Waals surface area contributed by atoms with Crippen LogP contribution in [0.25, 0.3) is 0 Å². The highest BCUT2D eigenvalue weighted by molar-refractivity contribution is 5.55. The maximum Gasteiger partial charge on any atom is 0.423 e. The standard InChI is InChI=1S/C13H15F3N2O3/c1-21-12(5-2-6-12)8-17-9-3-4-11(18(19)20)10(7-9)13(14,15)16/h3-4,7,17H,2,5-6,8H2,1H3. The molecule has 0 aliphatic heterocycles. The van der Waals surface area contributed by atoms with E-state index in [1.165, 1.54) is 6.07 Å². The number of nitro groups is 1. The lowest BCUT2D eigenvalue weighted by atomic mass is 9.80. The number of nitrogens with zero attached hydrogens (tertiary/aromatic N) is 1. The lowest BCUT2D eigenvalue weighted by molar-refractivity contribution is -0.388. The molecule has 1 fully saturated rings. The first kappa shape index (κ1) is 15.6. The molecule has 0 atom stereocenters. The van der Waals surface area contributed by atoms with E-state index < -0.39 is 22.4 Å². The van der Waals surface area contributed by atoms with Crippen LogP contribution in [0.15, 0.2) is 18.2 Å². The van der Waals surface area contributed by atoms with Gasteiger partial charge >= 0.3 is 6.18 Å². The maximum atomic E-state index is 12.8. The number of benzene rings is 1. The smallest absolute Gasteiger partial charge is 0.382 e. The van der Waals surface area contributed by atoms with E-state index in [4.69, 9.17) is 4.74 Å². The normalized spacial score (nSPS) is 17.1. The summed E-state index contributed by atoms with van der Waals surface area (Å²) in [5, 5.41) is 13.5. The third-order valence-corrected chi connectivity index (χ3v) is 3.81. The summed E-state index contributed by atoms with van der Waals surface area (Å²) in [6.07, 6.45) is -2.07. The Balaban J connectivity index is 2.20. The number of methoxy groups -OCH3 is 1. The maximum absolute atomic E-state index is 12.8. The second-order valence-corrected chi connectivity index (χ2v) is 5.08. The van der Waals surface area contributed by atoms with Gasteiger partial charge in [-0.1, -0.05) is 0 Å². The van der Waals surface area contributed by atoms with Crippen LogP contribution in [0.2, 0.25) is 0 Å². The monoisotopic (exact) mass is 304 g/mol. The number of alkyl halides is 3. The first-order valence-electron chi connectivity index (χ1n) is 6.42. The molecule has 1 aromatic rings. The zero-order chi connectivity index (χ0) is 15.7. The van der Waals surface area contributed by atoms with Crippen LogP contribution in [0, 0.1) is 10.1 Å². The van der Waals surface area contributed by atoms with Crippen LogP contribution in [-0.2, 0) is 10.9 Å². The van der Waals surface area contributed by atoms with E-state index in [1.807, 2.05) is 0 Å². The van der Waals surface area contributed by atoms with Gasteiger partial charge in [-0.05, 0) is 31.4 Å². The molecule has 0 unspecified atom stereocenters. The van der Waals surface area contributed by atoms with Gasteiger partial charge in [0.05, 0.1) is 10.5 Å². The minimum Gasteiger partial charge on any atom is -0.382 e. The third kappa shape index (κ3) is 3.26. The molecule has 1 aliphatic carbocycles. The van der Waals surface area contributed by atoms with Crippen LogP contribution in [0.3, 0.4) is 0 Å². The molecule has 0 bridgehead atoms. The Morgan fingerprint density at radius 3 is 2.52 bits per heavy atom. The van der Waals surface area contributed by atoms with Crippen molar-refractivity contribution >= 4 is 11.4 Å². The summed E-state index contributed by atoms with van der Waals surface area (Å²) >= 11 is 0. The lowest BCUT2D eigenvalue weighted by Gasteiger charge is -2.40. The van der Waals surface area contributed by atoms with Crippen molar-refractivity contribution in [2.24, 2.45) is 0 Å². The highest BCUT2D eigenvalue weighted by Crippen LogP contribution is 2.38. The average Bonchev–Trinajstić information content (AvgIpc) is 2.36. The molecule has 0 amide bonds. The number of nitro benzene ring substituents is 1. The van der Waals surface area contributed by atoms with E-state index in [0.29, 0.717) is 6.54 Å². The predicted molar refractivity (Wildman–Crippen MR) is 70.2 cm³/mol. The lowest BCUT2D eigenvalue weighted by Crippen LogP contribution is -2.45. The fourth-order valence-electron chi connectivity index (χ4n) is 2.32. The zero-order valence-electron chi connectivity index (χ0n) is 11.4. The molecule has 8 heteroatoms. The van der Waals surface area contributed by atoms with Crippen LogP contribution in [0.4, 0.5) is 24.5 Å². The van der Waals surface area contributed by atoms with E-state index in [-0.39, 0.29) is 11.3 Å². The van der Waals surface area contributed by atoms with E-state index in [1.54, 1.807) is 7.11 Å². The summed E-state index contributed by atoms with van der Waals surface area (Å²) in [6.45, 7) is 0.374. The van der Waals surface area contributed by atoms with Crippen LogP contribution in [0.5, 0.6) is 0 Å². The minimum absolute atomic E-state index is 0.191. The predicted octanol–water partition coefficient (Wildman–Crippen LogP) is 3.59. The second kappa shape index (κ2) is 5.51. The summed E-state index contributed by atoms with van der Waals surface area (Å²) in [4.78, 5) is 9.63. The molecule has 1 saturated carbocycles. The topological polar surface area (TPSA) is 64.4 Å². The van der Waals surface area contributed by atoms with Crippen molar-refractivity contribution in [2.75, 3.05) is 19.0 Å². The Morgan fingerprint density at radius 2 is 2.10 bits per heavy atom. The molecule has 1 aromatic carbocycles. The van der Waals surface area contributed by atoms with Crippen LogP contribution >= 0.6 is 0 Å². The molecule has 0 spiro atoms. The molecule has 1 aliphatic rings. The van der Waals surface area contributed by atoms with Crippen molar-refractivity contribution in [2.45, 2.75) is 31.0 Å². The van der Waals surface area contributed by atoms with Crippen molar-refractivity contribution in [3.8, 4) is 0 Å². The highest BCUT2D eigenvalue weighted by Gasteiger charge is 2.39. The molecule has 0 saturated heterocycles. The zero-order valence-corrected chi connectivity index (χ0v) is 11.4. The number of anilines is 1. The van der Waals surface area contributed by atoms with Gasteiger partial charge in [0, 0.05) is 25.4 Å². The van der Waals surface area contributed by atoms with Crippen molar-refractivity contribution in [1.82, 2.24) is 0 Å². The Hall–Kier alpha value is -1.83. The number of rotatable bonds is 5. The molecule has 5 nitrogen and oxygen atoms in total. The van der Waals surface area contributed by atoms with E-state index in [9.17, 15) is 23.3 Å². The van der Waals surface area contributed by atoms with E-state index in [0.717, 1.165) is 31.4 Å². The average molecular weight is 304 g/mol. The van der Waals surface area contributed by atoms with Gasteiger partial charge in [0.1, 0.15) is 5.56 Å². The second-order valence-electron chi connectivity index (χ2n) is 5.08. The molecule has 2 rings (SSSR count). The van der Waals surface area contributed by atoms with Crippen molar-refractivity contribution in [3.63, 3.8) is 0 Å². The highest BCUT2D eigenvalue weighted by atomic mass is 19.4. The summed E-state index contributed by atoms with van der Waals surface area (Å²) < 4.78 is 43.9. The molecule has 0 aromatic heterocycles. The van der Waals surface area contributed by atoms with Gasteiger partial charge in [-0.3, -0.25) is 10.1 Å². The van der Waals surface area contributed by atoms with Crippen LogP contribution in [-0.4, -0.2) is 24.2 Å². The minimum atomic E-state index is -4.77. The van der Waals surface area contributed by atoms with E-state index >= 15 is 0 Å². The van der Waals surface area contributed by atoms with Gasteiger partial charge in [-0.15, -0.1) is 0 Å². The number of hydrogen-bond donors (Lipinski definition) is 1. The Labute approximate surface area is 119 Å². The summed E-state index contributed by atoms with van der Waals surface area (Å²) in [7, 11) is 1.57. The summed E-state index contributed by atoms with van der Waals surface area (Å²) in [6, 6.07) is 2.90. The van der Waals surface area contributed by atoms with Gasteiger partial charge in [0.25, 0.3) is 5.69 Å². The Kier molecular flexibility index (Phi) is 4.08. The SMILES string of the molecule is COC1(CNc2ccc([N+](=O)[O-])c(C(F)(F)F)c2)CCC1. The number of hydrogen-bond acceptors (Lipinski definition) is 4. The molecular formula is C13H15F3N2O3. The van der Waals surface area contributed by atoms with Crippen molar-refractivity contribution in [1.29, 1.82) is 0 Å². The fraction of sp³-hybridized carbons (Fsp3) is 0.538. The number of ether oxygens (including phenoxy) is 1. The quantitative estimate of drug-likeness (QED) is 0.667. The largest absolute Gasteiger partial charge is 0.423 e. The molecule has 116 valence electrons. The molecule has 0 heterocycles. The van der Waals surface area contributed by atoms with Gasteiger partial charge in [-0.2, -0.15) is 13.2 Å². The van der Waals surface area contributed by atoms with E-state index in [2.05, 4.69) is 5.32 Å². The summed E-state index contributed by atoms with van der Waals surface area (Å²) in [5.41, 5.74) is -2.35. The van der Waals surface area contributed by atoms with Gasteiger partial charge in [0.15, 0.2) is 0 Å².